The Kier molecular flexibility index (Phi) is 8.11. The monoisotopic (exact) mass is 544 g/mol. The molecule has 1 aromatic carbocycles. The molecule has 0 atom stereocenters. The average Bonchev–Trinajstić information content (AvgIpc) is 3.26. The number of rotatable bonds is 8. The van der Waals surface area contributed by atoms with Gasteiger partial charge >= 0.3 is 5.92 Å². The van der Waals surface area contributed by atoms with E-state index in [1.54, 1.807) is 41.0 Å². The third kappa shape index (κ3) is 6.15. The number of carbonyl (C=O) groups is 1. The molecule has 0 bridgehead atoms. The van der Waals surface area contributed by atoms with Crippen LogP contribution < -0.4 is 26.8 Å². The van der Waals surface area contributed by atoms with Gasteiger partial charge in [0.1, 0.15) is 11.6 Å². The third-order valence-corrected chi connectivity index (χ3v) is 6.55. The fourth-order valence-electron chi connectivity index (χ4n) is 4.11. The van der Waals surface area contributed by atoms with Crippen LogP contribution >= 0.6 is 0 Å². The fraction of sp³-hybridized carbons (Fsp3) is 0.346. The van der Waals surface area contributed by atoms with Crippen molar-refractivity contribution in [1.82, 2.24) is 14.8 Å². The van der Waals surface area contributed by atoms with Gasteiger partial charge in [0.2, 0.25) is 0 Å². The van der Waals surface area contributed by atoms with Crippen LogP contribution in [0.5, 0.6) is 0 Å². The first-order valence-electron chi connectivity index (χ1n) is 12.2. The lowest BCUT2D eigenvalue weighted by Gasteiger charge is -2.29. The first kappa shape index (κ1) is 27.9. The number of amides is 1. The van der Waals surface area contributed by atoms with Gasteiger partial charge in [-0.1, -0.05) is 6.07 Å². The summed E-state index contributed by atoms with van der Waals surface area (Å²) in [4.78, 5) is 19.2. The van der Waals surface area contributed by atoms with Crippen LogP contribution in [0.3, 0.4) is 0 Å². The molecule has 39 heavy (non-hydrogen) atoms. The molecule has 208 valence electrons. The van der Waals surface area contributed by atoms with Crippen LogP contribution in [-0.4, -0.2) is 53.6 Å². The first-order chi connectivity index (χ1) is 18.5. The summed E-state index contributed by atoms with van der Waals surface area (Å²) in [6.45, 7) is 3.45. The van der Waals surface area contributed by atoms with Crippen molar-refractivity contribution < 1.29 is 22.7 Å². The summed E-state index contributed by atoms with van der Waals surface area (Å²) in [6, 6.07) is 6.93. The molecule has 1 aliphatic rings. The second-order valence-electron chi connectivity index (χ2n) is 9.25. The number of hydrogen-bond acceptors (Lipinski definition) is 8. The zero-order chi connectivity index (χ0) is 28.3. The average molecular weight is 545 g/mol. The van der Waals surface area contributed by atoms with E-state index in [0.717, 1.165) is 23.4 Å². The minimum Gasteiger partial charge on any atom is -0.397 e. The van der Waals surface area contributed by atoms with Gasteiger partial charge in [0.25, 0.3) is 5.91 Å². The lowest BCUT2D eigenvalue weighted by atomic mass is 10.1. The Balaban J connectivity index is 1.61. The molecule has 0 saturated carbocycles. The number of carbonyl (C=O) groups excluding carboxylic acids is 1. The number of halogens is 3. The van der Waals surface area contributed by atoms with Crippen LogP contribution in [0, 0.1) is 13.8 Å². The SMILES string of the molecule is Cc1ccc(C(=O)Nc2cc(C(F)(F)CF)cc(N3CCOCC3)n2)cc1N(N)/C=C(\N)c1cnn(C)c1C. The lowest BCUT2D eigenvalue weighted by molar-refractivity contribution is -0.0280. The maximum Gasteiger partial charge on any atom is 0.301 e. The molecular weight excluding hydrogens is 513 g/mol. The number of anilines is 3. The molecule has 0 aliphatic carbocycles. The van der Waals surface area contributed by atoms with E-state index in [1.807, 2.05) is 13.8 Å². The number of aromatic nitrogens is 3. The summed E-state index contributed by atoms with van der Waals surface area (Å²) in [5.74, 6) is 1.99. The minimum absolute atomic E-state index is 0.130. The topological polar surface area (TPSA) is 128 Å². The van der Waals surface area contributed by atoms with E-state index in [2.05, 4.69) is 15.4 Å². The van der Waals surface area contributed by atoms with Crippen LogP contribution in [0.25, 0.3) is 5.70 Å². The zero-order valence-electron chi connectivity index (χ0n) is 21.9. The largest absolute Gasteiger partial charge is 0.397 e. The summed E-state index contributed by atoms with van der Waals surface area (Å²) >= 11 is 0. The molecular formula is C26H31F3N8O2. The highest BCUT2D eigenvalue weighted by atomic mass is 19.3. The normalized spacial score (nSPS) is 14.4. The predicted molar refractivity (Wildman–Crippen MR) is 143 cm³/mol. The van der Waals surface area contributed by atoms with Gasteiger partial charge in [-0.25, -0.2) is 15.2 Å². The van der Waals surface area contributed by atoms with Crippen molar-refractivity contribution in [1.29, 1.82) is 0 Å². The molecule has 1 amide bonds. The molecule has 3 heterocycles. The van der Waals surface area contributed by atoms with E-state index in [4.69, 9.17) is 16.3 Å². The number of nitrogens with one attached hydrogen (secondary N) is 1. The number of aryl methyl sites for hydroxylation is 2. The van der Waals surface area contributed by atoms with E-state index in [0.29, 0.717) is 43.3 Å². The van der Waals surface area contributed by atoms with Crippen LogP contribution in [-0.2, 0) is 17.7 Å². The Morgan fingerprint density at radius 2 is 1.95 bits per heavy atom. The van der Waals surface area contributed by atoms with Crippen molar-refractivity contribution >= 4 is 28.9 Å². The summed E-state index contributed by atoms with van der Waals surface area (Å²) in [5, 5.41) is 8.03. The molecule has 10 nitrogen and oxygen atoms in total. The number of benzene rings is 1. The maximum atomic E-state index is 14.3. The number of alkyl halides is 3. The second kappa shape index (κ2) is 11.3. The van der Waals surface area contributed by atoms with E-state index in [-0.39, 0.29) is 17.2 Å². The zero-order valence-corrected chi connectivity index (χ0v) is 21.9. The predicted octanol–water partition coefficient (Wildman–Crippen LogP) is 3.22. The summed E-state index contributed by atoms with van der Waals surface area (Å²) in [7, 11) is 1.80. The molecule has 1 fully saturated rings. The van der Waals surface area contributed by atoms with Crippen molar-refractivity contribution in [2.45, 2.75) is 19.8 Å². The van der Waals surface area contributed by atoms with Crippen LogP contribution in [0.1, 0.15) is 32.7 Å². The molecule has 0 spiro atoms. The van der Waals surface area contributed by atoms with Gasteiger partial charge in [-0.15, -0.1) is 0 Å². The number of ether oxygens (including phenoxy) is 1. The van der Waals surface area contributed by atoms with Crippen molar-refractivity contribution in [3.05, 3.63) is 70.7 Å². The number of nitrogens with two attached hydrogens (primary N) is 2. The number of hydrazine groups is 1. The first-order valence-corrected chi connectivity index (χ1v) is 12.2. The summed E-state index contributed by atoms with van der Waals surface area (Å²) < 4.78 is 48.8. The Bertz CT molecular complexity index is 1390. The number of morpholine rings is 1. The van der Waals surface area contributed by atoms with Crippen molar-refractivity contribution in [2.75, 3.05) is 48.2 Å². The Morgan fingerprint density at radius 3 is 2.59 bits per heavy atom. The molecule has 0 radical (unpaired) electrons. The molecule has 5 N–H and O–H groups in total. The van der Waals surface area contributed by atoms with Crippen LogP contribution in [0.15, 0.2) is 42.7 Å². The Labute approximate surface area is 224 Å². The molecule has 2 aromatic heterocycles. The summed E-state index contributed by atoms with van der Waals surface area (Å²) in [5.41, 5.74) is 9.05. The van der Waals surface area contributed by atoms with Gasteiger partial charge in [-0.3, -0.25) is 14.5 Å². The molecule has 1 saturated heterocycles. The molecule has 1 aliphatic heterocycles. The Hall–Kier alpha value is -4.10. The highest BCUT2D eigenvalue weighted by Crippen LogP contribution is 2.33. The van der Waals surface area contributed by atoms with Crippen LogP contribution in [0.2, 0.25) is 0 Å². The maximum absolute atomic E-state index is 14.3. The molecule has 3 aromatic rings. The highest BCUT2D eigenvalue weighted by Gasteiger charge is 2.33. The molecule has 4 rings (SSSR count). The van der Waals surface area contributed by atoms with Gasteiger partial charge in [-0.05, 0) is 43.7 Å². The van der Waals surface area contributed by atoms with E-state index in [9.17, 15) is 18.0 Å². The van der Waals surface area contributed by atoms with E-state index >= 15 is 0 Å². The number of nitrogens with zero attached hydrogens (tertiary/aromatic N) is 5. The van der Waals surface area contributed by atoms with Gasteiger partial charge in [0.05, 0.1) is 30.8 Å². The van der Waals surface area contributed by atoms with Crippen molar-refractivity contribution in [3.63, 3.8) is 0 Å². The van der Waals surface area contributed by atoms with Crippen LogP contribution in [0.4, 0.5) is 30.5 Å². The van der Waals surface area contributed by atoms with Crippen molar-refractivity contribution in [2.24, 2.45) is 18.6 Å². The molecule has 0 unspecified atom stereocenters. The van der Waals surface area contributed by atoms with E-state index in [1.165, 1.54) is 11.2 Å². The smallest absolute Gasteiger partial charge is 0.301 e. The number of hydrogen-bond donors (Lipinski definition) is 3. The minimum atomic E-state index is -3.74. The summed E-state index contributed by atoms with van der Waals surface area (Å²) in [6.07, 6.45) is 3.15. The highest BCUT2D eigenvalue weighted by molar-refractivity contribution is 6.04. The Morgan fingerprint density at radius 1 is 1.23 bits per heavy atom. The van der Waals surface area contributed by atoms with Gasteiger partial charge in [0.15, 0.2) is 6.67 Å². The third-order valence-electron chi connectivity index (χ3n) is 6.55. The second-order valence-corrected chi connectivity index (χ2v) is 9.25. The fourth-order valence-corrected chi connectivity index (χ4v) is 4.11. The van der Waals surface area contributed by atoms with Gasteiger partial charge in [-0.2, -0.15) is 13.9 Å². The van der Waals surface area contributed by atoms with Gasteiger partial charge in [0, 0.05) is 48.7 Å². The van der Waals surface area contributed by atoms with Crippen molar-refractivity contribution in [3.8, 4) is 0 Å². The lowest BCUT2D eigenvalue weighted by Crippen LogP contribution is -2.37. The number of pyridine rings is 1. The molecule has 13 heteroatoms. The quantitative estimate of drug-likeness (QED) is 0.291. The van der Waals surface area contributed by atoms with Gasteiger partial charge < -0.3 is 20.7 Å². The standard InChI is InChI=1S/C26H31F3N8O2/c1-16-4-5-18(10-22(16)37(31)14-21(30)20-13-32-35(3)17(20)2)25(38)34-23-11-19(26(28,29)15-27)12-24(33-23)36-6-8-39-9-7-36/h4-5,10-14H,6-9,15,30-31H2,1-3H3,(H,33,34,38)/b21-14-. The van der Waals surface area contributed by atoms with E-state index < -0.39 is 24.1 Å².